The van der Waals surface area contributed by atoms with Gasteiger partial charge in [0, 0.05) is 42.3 Å². The molecule has 0 spiro atoms. The third-order valence-electron chi connectivity index (χ3n) is 5.22. The minimum Gasteiger partial charge on any atom is -0.327 e. The summed E-state index contributed by atoms with van der Waals surface area (Å²) in [5, 5.41) is 0. The molecule has 0 atom stereocenters. The number of imidazole rings is 1. The predicted octanol–water partition coefficient (Wildman–Crippen LogP) is 6.65. The number of benzene rings is 2. The van der Waals surface area contributed by atoms with Gasteiger partial charge in [0.05, 0.1) is 11.4 Å². The number of rotatable bonds is 3. The van der Waals surface area contributed by atoms with Crippen molar-refractivity contribution in [1.82, 2.24) is 24.5 Å². The Morgan fingerprint density at radius 3 is 1.97 bits per heavy atom. The van der Waals surface area contributed by atoms with E-state index in [2.05, 4.69) is 73.3 Å². The molecular formula is C27H23FIN5. The van der Waals surface area contributed by atoms with Crippen molar-refractivity contribution in [3.8, 4) is 33.9 Å². The summed E-state index contributed by atoms with van der Waals surface area (Å²) in [5.41, 5.74) is 5.96. The largest absolute Gasteiger partial charge is 0.327 e. The Morgan fingerprint density at radius 1 is 0.735 bits per heavy atom. The van der Waals surface area contributed by atoms with E-state index in [1.54, 1.807) is 30.7 Å². The van der Waals surface area contributed by atoms with Crippen molar-refractivity contribution in [1.29, 1.82) is 0 Å². The van der Waals surface area contributed by atoms with Gasteiger partial charge >= 0.3 is 0 Å². The van der Waals surface area contributed by atoms with Gasteiger partial charge in [0.1, 0.15) is 21.2 Å². The van der Waals surface area contributed by atoms with Gasteiger partial charge in [-0.3, -0.25) is 4.98 Å². The summed E-state index contributed by atoms with van der Waals surface area (Å²) in [6.07, 6.45) is 5.29. The highest BCUT2D eigenvalue weighted by molar-refractivity contribution is 14.1. The predicted molar refractivity (Wildman–Crippen MR) is 141 cm³/mol. The average Bonchev–Trinajstić information content (AvgIpc) is 3.18. The molecule has 0 bridgehead atoms. The van der Waals surface area contributed by atoms with Crippen LogP contribution in [0.2, 0.25) is 0 Å². The van der Waals surface area contributed by atoms with Crippen LogP contribution in [0.5, 0.6) is 0 Å². The Morgan fingerprint density at radius 2 is 1.38 bits per heavy atom. The van der Waals surface area contributed by atoms with E-state index in [4.69, 9.17) is 4.98 Å². The standard InChI is InChI=1S/C22H18FN3.C5H5IN2/c1-15-3-5-18(6-4-15)22-25-20(16-7-9-19(23)10-8-16)21(26(22)2)17-11-13-24-14-12-17;1-4-7-3-2-5(6)8-4/h3-14H,1-2H3;2-3H,1H3. The first-order chi connectivity index (χ1) is 16.4. The topological polar surface area (TPSA) is 56.5 Å². The third kappa shape index (κ3) is 5.53. The van der Waals surface area contributed by atoms with Crippen molar-refractivity contribution in [3.05, 3.63) is 106 Å². The number of aromatic nitrogens is 5. The van der Waals surface area contributed by atoms with E-state index in [0.29, 0.717) is 0 Å². The second-order valence-corrected chi connectivity index (χ2v) is 8.83. The number of aryl methyl sites for hydroxylation is 2. The molecule has 0 unspecified atom stereocenters. The average molecular weight is 563 g/mol. The monoisotopic (exact) mass is 563 g/mol. The van der Waals surface area contributed by atoms with Crippen molar-refractivity contribution in [2.24, 2.45) is 7.05 Å². The quantitative estimate of drug-likeness (QED) is 0.182. The molecule has 0 N–H and O–H groups in total. The van der Waals surface area contributed by atoms with Gasteiger partial charge in [-0.05, 0) is 78.9 Å². The van der Waals surface area contributed by atoms with Gasteiger partial charge in [0.15, 0.2) is 0 Å². The molecule has 34 heavy (non-hydrogen) atoms. The zero-order valence-corrected chi connectivity index (χ0v) is 21.2. The van der Waals surface area contributed by atoms with Gasteiger partial charge in [-0.1, -0.05) is 29.8 Å². The molecule has 0 saturated heterocycles. The SMILES string of the molecule is Cc1ccc(-c2nc(-c3ccc(F)cc3)c(-c3ccncc3)n2C)cc1.Cc1nccc(I)n1. The van der Waals surface area contributed by atoms with Crippen molar-refractivity contribution in [2.75, 3.05) is 0 Å². The van der Waals surface area contributed by atoms with Crippen LogP contribution in [-0.2, 0) is 7.05 Å². The second kappa shape index (κ2) is 10.6. The molecule has 5 nitrogen and oxygen atoms in total. The van der Waals surface area contributed by atoms with Crippen LogP contribution in [0, 0.1) is 23.4 Å². The molecule has 0 fully saturated rings. The molecule has 3 aromatic heterocycles. The molecule has 5 aromatic rings. The van der Waals surface area contributed by atoms with Crippen LogP contribution >= 0.6 is 22.6 Å². The first kappa shape index (κ1) is 23.7. The van der Waals surface area contributed by atoms with Crippen molar-refractivity contribution >= 4 is 22.6 Å². The van der Waals surface area contributed by atoms with Crippen LogP contribution in [0.1, 0.15) is 11.4 Å². The molecule has 0 saturated carbocycles. The molecule has 0 aliphatic heterocycles. The highest BCUT2D eigenvalue weighted by atomic mass is 127. The number of halogens is 2. The van der Waals surface area contributed by atoms with Crippen LogP contribution in [0.3, 0.4) is 0 Å². The van der Waals surface area contributed by atoms with Gasteiger partial charge in [-0.25, -0.2) is 19.3 Å². The molecule has 0 aliphatic carbocycles. The Hall–Kier alpha value is -3.46. The van der Waals surface area contributed by atoms with Crippen LogP contribution < -0.4 is 0 Å². The molecular weight excluding hydrogens is 540 g/mol. The molecule has 170 valence electrons. The Bertz CT molecular complexity index is 1360. The minimum atomic E-state index is -0.256. The minimum absolute atomic E-state index is 0.256. The van der Waals surface area contributed by atoms with Crippen molar-refractivity contribution in [3.63, 3.8) is 0 Å². The highest BCUT2D eigenvalue weighted by Gasteiger charge is 2.19. The summed E-state index contributed by atoms with van der Waals surface area (Å²) in [4.78, 5) is 17.0. The molecule has 7 heteroatoms. The summed E-state index contributed by atoms with van der Waals surface area (Å²) in [6, 6.07) is 20.5. The summed E-state index contributed by atoms with van der Waals surface area (Å²) in [6.45, 7) is 3.94. The molecule has 2 aromatic carbocycles. The Labute approximate surface area is 211 Å². The van der Waals surface area contributed by atoms with Crippen LogP contribution in [0.4, 0.5) is 4.39 Å². The van der Waals surface area contributed by atoms with Crippen LogP contribution in [-0.4, -0.2) is 24.5 Å². The molecule has 0 radical (unpaired) electrons. The van der Waals surface area contributed by atoms with E-state index in [9.17, 15) is 4.39 Å². The van der Waals surface area contributed by atoms with Crippen molar-refractivity contribution in [2.45, 2.75) is 13.8 Å². The number of nitrogens with zero attached hydrogens (tertiary/aromatic N) is 5. The Kier molecular flexibility index (Phi) is 7.42. The van der Waals surface area contributed by atoms with Gasteiger partial charge in [0.25, 0.3) is 0 Å². The third-order valence-corrected chi connectivity index (χ3v) is 5.82. The van der Waals surface area contributed by atoms with Gasteiger partial charge in [0.2, 0.25) is 0 Å². The van der Waals surface area contributed by atoms with E-state index in [-0.39, 0.29) is 5.82 Å². The normalized spacial score (nSPS) is 10.5. The first-order valence-corrected chi connectivity index (χ1v) is 11.8. The van der Waals surface area contributed by atoms with E-state index in [0.717, 1.165) is 43.4 Å². The van der Waals surface area contributed by atoms with Crippen LogP contribution in [0.25, 0.3) is 33.9 Å². The van der Waals surface area contributed by atoms with Crippen LogP contribution in [0.15, 0.2) is 85.3 Å². The van der Waals surface area contributed by atoms with E-state index >= 15 is 0 Å². The first-order valence-electron chi connectivity index (χ1n) is 10.7. The second-order valence-electron chi connectivity index (χ2n) is 7.73. The lowest BCUT2D eigenvalue weighted by atomic mass is 10.1. The maximum absolute atomic E-state index is 13.4. The summed E-state index contributed by atoms with van der Waals surface area (Å²) >= 11 is 2.15. The van der Waals surface area contributed by atoms with Gasteiger partial charge < -0.3 is 4.57 Å². The molecule has 0 amide bonds. The van der Waals surface area contributed by atoms with E-state index < -0.39 is 0 Å². The summed E-state index contributed by atoms with van der Waals surface area (Å²) in [5.74, 6) is 1.45. The fourth-order valence-electron chi connectivity index (χ4n) is 3.54. The fraction of sp³-hybridized carbons (Fsp3) is 0.111. The lowest BCUT2D eigenvalue weighted by Crippen LogP contribution is -1.96. The molecule has 0 aliphatic rings. The molecule has 3 heterocycles. The van der Waals surface area contributed by atoms with Crippen molar-refractivity contribution < 1.29 is 4.39 Å². The number of hydrogen-bond donors (Lipinski definition) is 0. The summed E-state index contributed by atoms with van der Waals surface area (Å²) < 4.78 is 16.5. The highest BCUT2D eigenvalue weighted by Crippen LogP contribution is 2.35. The fourth-order valence-corrected chi connectivity index (χ4v) is 4.05. The smallest absolute Gasteiger partial charge is 0.140 e. The number of hydrogen-bond acceptors (Lipinski definition) is 4. The zero-order chi connectivity index (χ0) is 24.1. The van der Waals surface area contributed by atoms with Gasteiger partial charge in [-0.2, -0.15) is 0 Å². The lowest BCUT2D eigenvalue weighted by molar-refractivity contribution is 0.628. The van der Waals surface area contributed by atoms with E-state index in [1.807, 2.05) is 32.2 Å². The lowest BCUT2D eigenvalue weighted by Gasteiger charge is -2.08. The maximum atomic E-state index is 13.4. The van der Waals surface area contributed by atoms with Gasteiger partial charge in [-0.15, -0.1) is 0 Å². The summed E-state index contributed by atoms with van der Waals surface area (Å²) in [7, 11) is 2.00. The maximum Gasteiger partial charge on any atom is 0.140 e. The zero-order valence-electron chi connectivity index (χ0n) is 19.1. The Balaban J connectivity index is 0.000000291. The van der Waals surface area contributed by atoms with E-state index in [1.165, 1.54) is 17.7 Å². The number of pyridine rings is 1. The molecule has 5 rings (SSSR count).